The van der Waals surface area contributed by atoms with Crippen molar-refractivity contribution in [2.24, 2.45) is 5.92 Å². The molecule has 0 spiro atoms. The lowest BCUT2D eigenvalue weighted by Crippen LogP contribution is -2.47. The number of likely N-dealkylation sites (tertiary alicyclic amines) is 1. The van der Waals surface area contributed by atoms with Crippen LogP contribution in [0.4, 0.5) is 0 Å². The lowest BCUT2D eigenvalue weighted by atomic mass is 10.0. The van der Waals surface area contributed by atoms with Crippen molar-refractivity contribution in [2.75, 3.05) is 19.7 Å². The summed E-state index contributed by atoms with van der Waals surface area (Å²) in [4.78, 5) is 25.5. The van der Waals surface area contributed by atoms with Gasteiger partial charge in [-0.25, -0.2) is 0 Å². The quantitative estimate of drug-likeness (QED) is 0.807. The first-order valence-electron chi connectivity index (χ1n) is 7.26. The molecule has 1 saturated carbocycles. The van der Waals surface area contributed by atoms with Crippen LogP contribution in [0.2, 0.25) is 0 Å². The fourth-order valence-electron chi connectivity index (χ4n) is 2.34. The van der Waals surface area contributed by atoms with Crippen molar-refractivity contribution in [2.45, 2.75) is 51.7 Å². The van der Waals surface area contributed by atoms with Crippen LogP contribution in [0.5, 0.6) is 0 Å². The summed E-state index contributed by atoms with van der Waals surface area (Å²) in [7, 11) is 0. The number of rotatable bonds is 5. The van der Waals surface area contributed by atoms with Gasteiger partial charge in [0.1, 0.15) is 6.61 Å². The number of amides is 2. The Balaban J connectivity index is 1.65. The number of nitrogens with zero attached hydrogens (tertiary/aromatic N) is 1. The molecule has 1 saturated heterocycles. The number of ether oxygens (including phenoxy) is 1. The van der Waals surface area contributed by atoms with E-state index in [0.717, 1.165) is 38.8 Å². The molecular weight excluding hydrogens is 244 g/mol. The fourth-order valence-corrected chi connectivity index (χ4v) is 2.34. The summed E-state index contributed by atoms with van der Waals surface area (Å²) in [6.45, 7) is 5.49. The zero-order valence-electron chi connectivity index (χ0n) is 11.9. The molecule has 1 aliphatic carbocycles. The Kier molecular flexibility index (Phi) is 4.80. The third kappa shape index (κ3) is 4.49. The smallest absolute Gasteiger partial charge is 0.246 e. The maximum absolute atomic E-state index is 11.9. The highest BCUT2D eigenvalue weighted by Crippen LogP contribution is 2.31. The van der Waals surface area contributed by atoms with E-state index in [1.165, 1.54) is 0 Å². The zero-order valence-corrected chi connectivity index (χ0v) is 11.9. The summed E-state index contributed by atoms with van der Waals surface area (Å²) in [5.41, 5.74) is 0. The minimum absolute atomic E-state index is 0.0549. The number of carbonyl (C=O) groups is 2. The van der Waals surface area contributed by atoms with Gasteiger partial charge < -0.3 is 15.0 Å². The van der Waals surface area contributed by atoms with E-state index in [1.54, 1.807) is 0 Å². The first kappa shape index (κ1) is 14.3. The van der Waals surface area contributed by atoms with Gasteiger partial charge in [0.2, 0.25) is 11.8 Å². The summed E-state index contributed by atoms with van der Waals surface area (Å²) < 4.78 is 5.27. The molecule has 0 radical (unpaired) electrons. The summed E-state index contributed by atoms with van der Waals surface area (Å²) in [5, 5.41) is 2.98. The molecule has 2 amide bonds. The highest BCUT2D eigenvalue weighted by Gasteiger charge is 2.35. The van der Waals surface area contributed by atoms with E-state index in [0.29, 0.717) is 11.8 Å². The van der Waals surface area contributed by atoms with Crippen LogP contribution >= 0.6 is 0 Å². The maximum Gasteiger partial charge on any atom is 0.246 e. The van der Waals surface area contributed by atoms with Gasteiger partial charge in [-0.05, 0) is 39.5 Å². The normalized spacial score (nSPS) is 20.7. The number of piperidine rings is 1. The second-order valence-corrected chi connectivity index (χ2v) is 5.80. The second-order valence-electron chi connectivity index (χ2n) is 5.80. The molecule has 5 heteroatoms. The molecule has 0 aromatic rings. The van der Waals surface area contributed by atoms with Crippen LogP contribution in [0, 0.1) is 5.92 Å². The van der Waals surface area contributed by atoms with E-state index in [4.69, 9.17) is 4.74 Å². The van der Waals surface area contributed by atoms with Crippen LogP contribution in [-0.4, -0.2) is 48.6 Å². The Bertz CT molecular complexity index is 332. The largest absolute Gasteiger partial charge is 0.369 e. The summed E-state index contributed by atoms with van der Waals surface area (Å²) in [5.74, 6) is 0.555. The van der Waals surface area contributed by atoms with Crippen molar-refractivity contribution in [1.29, 1.82) is 0 Å². The Morgan fingerprint density at radius 1 is 1.21 bits per heavy atom. The lowest BCUT2D eigenvalue weighted by molar-refractivity contribution is -0.134. The molecule has 1 aliphatic heterocycles. The summed E-state index contributed by atoms with van der Waals surface area (Å²) in [6.07, 6.45) is 3.89. The molecule has 19 heavy (non-hydrogen) atoms. The highest BCUT2D eigenvalue weighted by atomic mass is 16.5. The first-order valence-corrected chi connectivity index (χ1v) is 7.26. The Hall–Kier alpha value is -1.10. The Labute approximate surface area is 114 Å². The van der Waals surface area contributed by atoms with Gasteiger partial charge in [-0.2, -0.15) is 0 Å². The molecule has 5 nitrogen and oxygen atoms in total. The molecule has 108 valence electrons. The first-order chi connectivity index (χ1) is 9.06. The number of hydrogen-bond donors (Lipinski definition) is 1. The van der Waals surface area contributed by atoms with E-state index in [9.17, 15) is 9.59 Å². The Morgan fingerprint density at radius 3 is 2.37 bits per heavy atom. The average molecular weight is 268 g/mol. The third-order valence-electron chi connectivity index (χ3n) is 3.65. The van der Waals surface area contributed by atoms with Gasteiger partial charge in [-0.1, -0.05) is 0 Å². The molecule has 2 rings (SSSR count). The summed E-state index contributed by atoms with van der Waals surface area (Å²) in [6, 6.07) is 0.187. The molecule has 0 bridgehead atoms. The zero-order chi connectivity index (χ0) is 13.8. The Morgan fingerprint density at radius 2 is 1.84 bits per heavy atom. The molecule has 0 unspecified atom stereocenters. The minimum atomic E-state index is -0.0549. The van der Waals surface area contributed by atoms with E-state index < -0.39 is 0 Å². The molecule has 1 N–H and O–H groups in total. The van der Waals surface area contributed by atoms with Gasteiger partial charge in [0.05, 0.1) is 6.10 Å². The molecule has 2 aliphatic rings. The number of nitrogens with one attached hydrogen (secondary N) is 1. The van der Waals surface area contributed by atoms with Crippen molar-refractivity contribution in [3.05, 3.63) is 0 Å². The van der Waals surface area contributed by atoms with Crippen molar-refractivity contribution < 1.29 is 14.3 Å². The van der Waals surface area contributed by atoms with E-state index in [-0.39, 0.29) is 24.7 Å². The van der Waals surface area contributed by atoms with Crippen molar-refractivity contribution in [1.82, 2.24) is 10.2 Å². The molecule has 0 aromatic carbocycles. The second kappa shape index (κ2) is 6.37. The number of hydrogen-bond acceptors (Lipinski definition) is 3. The minimum Gasteiger partial charge on any atom is -0.369 e. The van der Waals surface area contributed by atoms with E-state index in [2.05, 4.69) is 5.32 Å². The van der Waals surface area contributed by atoms with Gasteiger partial charge in [-0.3, -0.25) is 9.59 Å². The van der Waals surface area contributed by atoms with Crippen LogP contribution < -0.4 is 5.32 Å². The topological polar surface area (TPSA) is 58.6 Å². The standard InChI is InChI=1S/C14H24N2O3/c1-10(2)19-9-13(17)15-12-5-7-16(8-6-12)14(18)11-3-4-11/h10-12H,3-9H2,1-2H3,(H,15,17). The van der Waals surface area contributed by atoms with Gasteiger partial charge >= 0.3 is 0 Å². The van der Waals surface area contributed by atoms with Gasteiger partial charge in [0.15, 0.2) is 0 Å². The monoisotopic (exact) mass is 268 g/mol. The number of carbonyl (C=O) groups excluding carboxylic acids is 2. The SMILES string of the molecule is CC(C)OCC(=O)NC1CCN(C(=O)C2CC2)CC1. The van der Waals surface area contributed by atoms with Crippen molar-refractivity contribution in [3.8, 4) is 0 Å². The molecular formula is C14H24N2O3. The van der Waals surface area contributed by atoms with Crippen LogP contribution in [0.3, 0.4) is 0 Å². The third-order valence-corrected chi connectivity index (χ3v) is 3.65. The molecule has 0 aromatic heterocycles. The van der Waals surface area contributed by atoms with Crippen LogP contribution in [0.1, 0.15) is 39.5 Å². The highest BCUT2D eigenvalue weighted by molar-refractivity contribution is 5.81. The molecule has 0 atom stereocenters. The van der Waals surface area contributed by atoms with Crippen LogP contribution in [0.25, 0.3) is 0 Å². The van der Waals surface area contributed by atoms with Gasteiger partial charge in [0, 0.05) is 25.0 Å². The van der Waals surface area contributed by atoms with Crippen LogP contribution in [0.15, 0.2) is 0 Å². The molecule has 2 fully saturated rings. The predicted molar refractivity (Wildman–Crippen MR) is 71.6 cm³/mol. The van der Waals surface area contributed by atoms with Gasteiger partial charge in [0.25, 0.3) is 0 Å². The lowest BCUT2D eigenvalue weighted by Gasteiger charge is -2.32. The molecule has 1 heterocycles. The fraction of sp³-hybridized carbons (Fsp3) is 0.857. The summed E-state index contributed by atoms with van der Waals surface area (Å²) >= 11 is 0. The predicted octanol–water partition coefficient (Wildman–Crippen LogP) is 0.929. The average Bonchev–Trinajstić information content (AvgIpc) is 3.21. The van der Waals surface area contributed by atoms with Gasteiger partial charge in [-0.15, -0.1) is 0 Å². The van der Waals surface area contributed by atoms with Crippen LogP contribution in [-0.2, 0) is 14.3 Å². The van der Waals surface area contributed by atoms with Crippen molar-refractivity contribution >= 4 is 11.8 Å². The van der Waals surface area contributed by atoms with Crippen molar-refractivity contribution in [3.63, 3.8) is 0 Å². The van der Waals surface area contributed by atoms with E-state index >= 15 is 0 Å². The van der Waals surface area contributed by atoms with E-state index in [1.807, 2.05) is 18.7 Å². The maximum atomic E-state index is 11.9.